The number of hydrogen-bond acceptors (Lipinski definition) is 5. The summed E-state index contributed by atoms with van der Waals surface area (Å²) < 4.78 is 10.2. The lowest BCUT2D eigenvalue weighted by molar-refractivity contribution is -0.122. The fourth-order valence-corrected chi connectivity index (χ4v) is 4.43. The van der Waals surface area contributed by atoms with Crippen molar-refractivity contribution in [2.75, 3.05) is 25.6 Å². The number of aryl methyl sites for hydroxylation is 1. The maximum atomic E-state index is 12.4. The summed E-state index contributed by atoms with van der Waals surface area (Å²) in [4.78, 5) is 25.8. The van der Waals surface area contributed by atoms with Gasteiger partial charge < -0.3 is 14.8 Å². The van der Waals surface area contributed by atoms with E-state index in [9.17, 15) is 9.59 Å². The fraction of sp³-hybridized carbons (Fsp3) is 0.625. The molecule has 0 atom stereocenters. The summed E-state index contributed by atoms with van der Waals surface area (Å²) in [7, 11) is 1.39. The molecule has 6 heteroatoms. The molecule has 2 heterocycles. The minimum Gasteiger partial charge on any atom is -0.465 e. The molecule has 1 N–H and O–H groups in total. The van der Waals surface area contributed by atoms with E-state index < -0.39 is 0 Å². The third-order valence-electron chi connectivity index (χ3n) is 4.39. The van der Waals surface area contributed by atoms with E-state index in [1.54, 1.807) is 0 Å². The van der Waals surface area contributed by atoms with Gasteiger partial charge in [0.2, 0.25) is 5.91 Å². The smallest absolute Gasteiger partial charge is 0.341 e. The first kappa shape index (κ1) is 15.5. The summed E-state index contributed by atoms with van der Waals surface area (Å²) in [5, 5.41) is 3.64. The molecular formula is C16H21NO4S. The summed E-state index contributed by atoms with van der Waals surface area (Å²) in [6, 6.07) is 0. The zero-order chi connectivity index (χ0) is 15.5. The lowest BCUT2D eigenvalue weighted by Gasteiger charge is -2.21. The highest BCUT2D eigenvalue weighted by Crippen LogP contribution is 2.39. The first-order chi connectivity index (χ1) is 10.7. The van der Waals surface area contributed by atoms with Crippen LogP contribution in [0.25, 0.3) is 0 Å². The molecule has 0 bridgehead atoms. The van der Waals surface area contributed by atoms with E-state index in [0.29, 0.717) is 23.8 Å². The lowest BCUT2D eigenvalue weighted by atomic mass is 9.95. The van der Waals surface area contributed by atoms with E-state index >= 15 is 0 Å². The SMILES string of the molecule is COC(=O)c1c(NC(=O)C2CCOCC2)sc2c1CCCC2. The van der Waals surface area contributed by atoms with Gasteiger partial charge in [-0.15, -0.1) is 11.3 Å². The molecule has 1 saturated heterocycles. The number of hydrogen-bond donors (Lipinski definition) is 1. The molecule has 2 aliphatic rings. The van der Waals surface area contributed by atoms with E-state index in [1.807, 2.05) is 0 Å². The van der Waals surface area contributed by atoms with Gasteiger partial charge in [-0.05, 0) is 44.1 Å². The highest BCUT2D eigenvalue weighted by molar-refractivity contribution is 7.17. The topological polar surface area (TPSA) is 64.6 Å². The Morgan fingerprint density at radius 1 is 1.23 bits per heavy atom. The van der Waals surface area contributed by atoms with Crippen molar-refractivity contribution in [3.63, 3.8) is 0 Å². The molecule has 0 spiro atoms. The van der Waals surface area contributed by atoms with Gasteiger partial charge >= 0.3 is 5.97 Å². The second-order valence-electron chi connectivity index (χ2n) is 5.78. The van der Waals surface area contributed by atoms with Crippen LogP contribution >= 0.6 is 11.3 Å². The number of nitrogens with one attached hydrogen (secondary N) is 1. The Balaban J connectivity index is 1.84. The maximum absolute atomic E-state index is 12.4. The van der Waals surface area contributed by atoms with Gasteiger partial charge in [-0.2, -0.15) is 0 Å². The number of carbonyl (C=O) groups is 2. The van der Waals surface area contributed by atoms with E-state index in [-0.39, 0.29) is 17.8 Å². The third-order valence-corrected chi connectivity index (χ3v) is 5.60. The summed E-state index contributed by atoms with van der Waals surface area (Å²) in [5.41, 5.74) is 1.65. The molecule has 1 aromatic heterocycles. The Bertz CT molecular complexity index is 575. The average molecular weight is 323 g/mol. The number of amides is 1. The largest absolute Gasteiger partial charge is 0.465 e. The molecule has 0 radical (unpaired) electrons. The normalized spacial score (nSPS) is 18.6. The van der Waals surface area contributed by atoms with Crippen LogP contribution in [-0.4, -0.2) is 32.2 Å². The van der Waals surface area contributed by atoms with Crippen LogP contribution in [0.4, 0.5) is 5.00 Å². The van der Waals surface area contributed by atoms with Crippen LogP contribution in [0.5, 0.6) is 0 Å². The predicted octanol–water partition coefficient (Wildman–Crippen LogP) is 2.78. The van der Waals surface area contributed by atoms with Crippen molar-refractivity contribution in [2.24, 2.45) is 5.92 Å². The predicted molar refractivity (Wildman–Crippen MR) is 84.5 cm³/mol. The van der Waals surface area contributed by atoms with Gasteiger partial charge in [0.05, 0.1) is 12.7 Å². The quantitative estimate of drug-likeness (QED) is 0.869. The lowest BCUT2D eigenvalue weighted by Crippen LogP contribution is -2.28. The number of methoxy groups -OCH3 is 1. The molecular weight excluding hydrogens is 302 g/mol. The number of ether oxygens (including phenoxy) is 2. The first-order valence-electron chi connectivity index (χ1n) is 7.82. The number of anilines is 1. The molecule has 1 aliphatic carbocycles. The number of esters is 1. The van der Waals surface area contributed by atoms with Crippen molar-refractivity contribution in [3.05, 3.63) is 16.0 Å². The van der Waals surface area contributed by atoms with E-state index in [0.717, 1.165) is 44.1 Å². The van der Waals surface area contributed by atoms with Gasteiger partial charge in [-0.1, -0.05) is 0 Å². The fourth-order valence-electron chi connectivity index (χ4n) is 3.15. The van der Waals surface area contributed by atoms with Crippen molar-refractivity contribution in [2.45, 2.75) is 38.5 Å². The van der Waals surface area contributed by atoms with Gasteiger partial charge in [-0.25, -0.2) is 4.79 Å². The molecule has 1 amide bonds. The van der Waals surface area contributed by atoms with Crippen molar-refractivity contribution in [3.8, 4) is 0 Å². The summed E-state index contributed by atoms with van der Waals surface area (Å²) >= 11 is 1.53. The zero-order valence-corrected chi connectivity index (χ0v) is 13.6. The molecule has 3 rings (SSSR count). The Labute approximate surface area is 134 Å². The second-order valence-corrected chi connectivity index (χ2v) is 6.89. The van der Waals surface area contributed by atoms with Gasteiger partial charge in [0.25, 0.3) is 0 Å². The van der Waals surface area contributed by atoms with Crippen LogP contribution in [-0.2, 0) is 27.1 Å². The van der Waals surface area contributed by atoms with Crippen LogP contribution in [0.1, 0.15) is 46.5 Å². The Kier molecular flexibility index (Phi) is 4.78. The van der Waals surface area contributed by atoms with Crippen LogP contribution in [0.15, 0.2) is 0 Å². The van der Waals surface area contributed by atoms with Gasteiger partial charge in [0.15, 0.2) is 0 Å². The van der Waals surface area contributed by atoms with E-state index in [2.05, 4.69) is 5.32 Å². The molecule has 0 unspecified atom stereocenters. The number of fused-ring (bicyclic) bond motifs is 1. The van der Waals surface area contributed by atoms with Gasteiger partial charge in [-0.3, -0.25) is 4.79 Å². The molecule has 0 aromatic carbocycles. The Morgan fingerprint density at radius 3 is 2.68 bits per heavy atom. The third kappa shape index (κ3) is 3.03. The molecule has 22 heavy (non-hydrogen) atoms. The number of carbonyl (C=O) groups excluding carboxylic acids is 2. The summed E-state index contributed by atoms with van der Waals surface area (Å²) in [5.74, 6) is -0.382. The molecule has 1 fully saturated rings. The number of rotatable bonds is 3. The highest BCUT2D eigenvalue weighted by atomic mass is 32.1. The van der Waals surface area contributed by atoms with Crippen molar-refractivity contribution >= 4 is 28.2 Å². The zero-order valence-electron chi connectivity index (χ0n) is 12.8. The van der Waals surface area contributed by atoms with E-state index in [4.69, 9.17) is 9.47 Å². The molecule has 1 aromatic rings. The van der Waals surface area contributed by atoms with Crippen LogP contribution in [0.3, 0.4) is 0 Å². The average Bonchev–Trinajstić information content (AvgIpc) is 2.92. The standard InChI is InChI=1S/C16H21NO4S/c1-20-16(19)13-11-4-2-3-5-12(11)22-15(13)17-14(18)10-6-8-21-9-7-10/h10H,2-9H2,1H3,(H,17,18). The van der Waals surface area contributed by atoms with Crippen LogP contribution in [0.2, 0.25) is 0 Å². The van der Waals surface area contributed by atoms with E-state index in [1.165, 1.54) is 23.3 Å². The van der Waals surface area contributed by atoms with Gasteiger partial charge in [0, 0.05) is 24.0 Å². The molecule has 0 saturated carbocycles. The maximum Gasteiger partial charge on any atom is 0.341 e. The number of thiophene rings is 1. The molecule has 5 nitrogen and oxygen atoms in total. The molecule has 120 valence electrons. The summed E-state index contributed by atoms with van der Waals surface area (Å²) in [6.45, 7) is 1.26. The minimum absolute atomic E-state index is 0.00736. The van der Waals surface area contributed by atoms with Crippen molar-refractivity contribution in [1.82, 2.24) is 0 Å². The van der Waals surface area contributed by atoms with Crippen LogP contribution in [0, 0.1) is 5.92 Å². The minimum atomic E-state index is -0.346. The van der Waals surface area contributed by atoms with Crippen molar-refractivity contribution < 1.29 is 19.1 Å². The Morgan fingerprint density at radius 2 is 1.95 bits per heavy atom. The Hall–Kier alpha value is -1.40. The highest BCUT2D eigenvalue weighted by Gasteiger charge is 2.29. The van der Waals surface area contributed by atoms with Crippen LogP contribution < -0.4 is 5.32 Å². The summed E-state index contributed by atoms with van der Waals surface area (Å²) in [6.07, 6.45) is 5.58. The molecule has 1 aliphatic heterocycles. The monoisotopic (exact) mass is 323 g/mol. The second kappa shape index (κ2) is 6.79. The van der Waals surface area contributed by atoms with Gasteiger partial charge in [0.1, 0.15) is 5.00 Å². The van der Waals surface area contributed by atoms with Crippen molar-refractivity contribution in [1.29, 1.82) is 0 Å². The first-order valence-corrected chi connectivity index (χ1v) is 8.63.